The minimum Gasteiger partial charge on any atom is -0.448 e. The van der Waals surface area contributed by atoms with Crippen LogP contribution < -0.4 is 0 Å². The zero-order valence-electron chi connectivity index (χ0n) is 11.4. The number of hydrogen-bond donors (Lipinski definition) is 0. The van der Waals surface area contributed by atoms with Crippen molar-refractivity contribution in [3.8, 4) is 12.3 Å². The summed E-state index contributed by atoms with van der Waals surface area (Å²) in [7, 11) is 0. The number of carbonyl (C=O) groups excluding carboxylic acids is 1. The standard InChI is InChI=1S/C15H23NO2/c1-4-5-8-18-15(17)16-13-6-7-14(16)10-12(9-13)11(2)3/h1,11-14H,5-10H2,2-3H3. The summed E-state index contributed by atoms with van der Waals surface area (Å²) >= 11 is 0. The molecule has 0 N–H and O–H groups in total. The molecule has 0 radical (unpaired) electrons. The number of amides is 1. The summed E-state index contributed by atoms with van der Waals surface area (Å²) < 4.78 is 5.24. The molecule has 100 valence electrons. The molecule has 3 heteroatoms. The first kappa shape index (κ1) is 13.3. The van der Waals surface area contributed by atoms with Gasteiger partial charge in [-0.3, -0.25) is 0 Å². The zero-order chi connectivity index (χ0) is 13.1. The second-order valence-electron chi connectivity index (χ2n) is 5.84. The van der Waals surface area contributed by atoms with Gasteiger partial charge in [-0.1, -0.05) is 13.8 Å². The number of hydrogen-bond acceptors (Lipinski definition) is 2. The van der Waals surface area contributed by atoms with Gasteiger partial charge in [0.05, 0.1) is 0 Å². The SMILES string of the molecule is C#CCCOC(=O)N1C2CCC1CC(C(C)C)C2. The van der Waals surface area contributed by atoms with Crippen molar-refractivity contribution in [3.05, 3.63) is 0 Å². The third-order valence-electron chi connectivity index (χ3n) is 4.40. The Balaban J connectivity index is 1.92. The van der Waals surface area contributed by atoms with E-state index in [1.165, 1.54) is 0 Å². The number of carbonyl (C=O) groups is 1. The van der Waals surface area contributed by atoms with E-state index in [1.54, 1.807) is 0 Å². The van der Waals surface area contributed by atoms with Crippen LogP contribution in [0.1, 0.15) is 46.0 Å². The van der Waals surface area contributed by atoms with Crippen molar-refractivity contribution >= 4 is 6.09 Å². The fourth-order valence-electron chi connectivity index (χ4n) is 3.33. The zero-order valence-corrected chi connectivity index (χ0v) is 11.4. The van der Waals surface area contributed by atoms with Gasteiger partial charge in [-0.2, -0.15) is 0 Å². The maximum absolute atomic E-state index is 12.0. The first-order valence-corrected chi connectivity index (χ1v) is 7.02. The van der Waals surface area contributed by atoms with Crippen molar-refractivity contribution in [3.63, 3.8) is 0 Å². The highest BCUT2D eigenvalue weighted by atomic mass is 16.6. The lowest BCUT2D eigenvalue weighted by atomic mass is 9.83. The van der Waals surface area contributed by atoms with E-state index in [-0.39, 0.29) is 6.09 Å². The van der Waals surface area contributed by atoms with E-state index in [4.69, 9.17) is 11.2 Å². The topological polar surface area (TPSA) is 29.5 Å². The molecule has 2 atom stereocenters. The Morgan fingerprint density at radius 3 is 2.50 bits per heavy atom. The van der Waals surface area contributed by atoms with Crippen LogP contribution in [0.2, 0.25) is 0 Å². The summed E-state index contributed by atoms with van der Waals surface area (Å²) in [5.41, 5.74) is 0. The van der Waals surface area contributed by atoms with Crippen molar-refractivity contribution in [2.75, 3.05) is 6.61 Å². The Bertz CT molecular complexity index is 331. The largest absolute Gasteiger partial charge is 0.448 e. The number of fused-ring (bicyclic) bond motifs is 2. The smallest absolute Gasteiger partial charge is 0.410 e. The highest BCUT2D eigenvalue weighted by Gasteiger charge is 2.44. The third-order valence-corrected chi connectivity index (χ3v) is 4.40. The molecule has 0 saturated carbocycles. The van der Waals surface area contributed by atoms with Crippen molar-refractivity contribution < 1.29 is 9.53 Å². The average Bonchev–Trinajstić information content (AvgIpc) is 2.60. The van der Waals surface area contributed by atoms with Gasteiger partial charge in [0.1, 0.15) is 6.61 Å². The van der Waals surface area contributed by atoms with Crippen molar-refractivity contribution in [1.29, 1.82) is 0 Å². The molecule has 2 rings (SSSR count). The molecule has 0 aromatic rings. The first-order chi connectivity index (χ1) is 8.63. The van der Waals surface area contributed by atoms with Gasteiger partial charge in [-0.05, 0) is 37.5 Å². The fraction of sp³-hybridized carbons (Fsp3) is 0.800. The van der Waals surface area contributed by atoms with Gasteiger partial charge < -0.3 is 9.64 Å². The van der Waals surface area contributed by atoms with Crippen LogP contribution in [-0.2, 0) is 4.74 Å². The Labute approximate surface area is 110 Å². The summed E-state index contributed by atoms with van der Waals surface area (Å²) in [6, 6.07) is 0.795. The van der Waals surface area contributed by atoms with E-state index in [0.717, 1.165) is 31.6 Å². The summed E-state index contributed by atoms with van der Waals surface area (Å²) in [4.78, 5) is 14.0. The minimum atomic E-state index is -0.153. The normalized spacial score (nSPS) is 30.3. The molecule has 2 saturated heterocycles. The van der Waals surface area contributed by atoms with Crippen LogP contribution in [-0.4, -0.2) is 29.7 Å². The van der Waals surface area contributed by atoms with Crippen LogP contribution in [0.4, 0.5) is 4.79 Å². The molecule has 1 amide bonds. The van der Waals surface area contributed by atoms with Crippen LogP contribution in [0.15, 0.2) is 0 Å². The van der Waals surface area contributed by atoms with Crippen molar-refractivity contribution in [2.24, 2.45) is 11.8 Å². The van der Waals surface area contributed by atoms with E-state index in [0.29, 0.717) is 31.0 Å². The van der Waals surface area contributed by atoms with Gasteiger partial charge in [0, 0.05) is 18.5 Å². The van der Waals surface area contributed by atoms with E-state index in [1.807, 2.05) is 4.90 Å². The number of piperidine rings is 1. The first-order valence-electron chi connectivity index (χ1n) is 7.02. The minimum absolute atomic E-state index is 0.153. The Morgan fingerprint density at radius 1 is 1.39 bits per heavy atom. The Kier molecular flexibility index (Phi) is 4.16. The number of terminal acetylenes is 1. The van der Waals surface area contributed by atoms with Crippen LogP contribution in [0.25, 0.3) is 0 Å². The van der Waals surface area contributed by atoms with E-state index in [9.17, 15) is 4.79 Å². The van der Waals surface area contributed by atoms with Gasteiger partial charge in [0.15, 0.2) is 0 Å². The molecule has 2 fully saturated rings. The van der Waals surface area contributed by atoms with Crippen molar-refractivity contribution in [1.82, 2.24) is 4.90 Å². The van der Waals surface area contributed by atoms with Crippen LogP contribution in [0.5, 0.6) is 0 Å². The Morgan fingerprint density at radius 2 is 2.00 bits per heavy atom. The quantitative estimate of drug-likeness (QED) is 0.568. The van der Waals surface area contributed by atoms with Gasteiger partial charge in [-0.25, -0.2) is 4.79 Å². The van der Waals surface area contributed by atoms with Gasteiger partial charge in [0.2, 0.25) is 0 Å². The molecule has 0 aliphatic carbocycles. The molecule has 2 bridgehead atoms. The summed E-state index contributed by atoms with van der Waals surface area (Å²) in [6.45, 7) is 4.91. The predicted octanol–water partition coefficient (Wildman–Crippen LogP) is 3.05. The molecule has 2 heterocycles. The second-order valence-corrected chi connectivity index (χ2v) is 5.84. The lowest BCUT2D eigenvalue weighted by Gasteiger charge is -2.39. The predicted molar refractivity (Wildman–Crippen MR) is 71.0 cm³/mol. The lowest BCUT2D eigenvalue weighted by Crippen LogP contribution is -2.47. The number of rotatable bonds is 3. The molecular formula is C15H23NO2. The van der Waals surface area contributed by atoms with Crippen LogP contribution >= 0.6 is 0 Å². The highest BCUT2D eigenvalue weighted by molar-refractivity contribution is 5.69. The summed E-state index contributed by atoms with van der Waals surface area (Å²) in [5.74, 6) is 3.97. The van der Waals surface area contributed by atoms with Gasteiger partial charge in [0.25, 0.3) is 0 Å². The van der Waals surface area contributed by atoms with Crippen molar-refractivity contribution in [2.45, 2.75) is 58.0 Å². The molecule has 0 spiro atoms. The van der Waals surface area contributed by atoms with E-state index < -0.39 is 0 Å². The molecule has 2 aliphatic heterocycles. The molecule has 3 nitrogen and oxygen atoms in total. The van der Waals surface area contributed by atoms with Gasteiger partial charge in [-0.15, -0.1) is 12.3 Å². The third kappa shape index (κ3) is 2.63. The Hall–Kier alpha value is -1.17. The maximum atomic E-state index is 12.0. The highest BCUT2D eigenvalue weighted by Crippen LogP contribution is 2.41. The van der Waals surface area contributed by atoms with E-state index in [2.05, 4.69) is 19.8 Å². The molecule has 18 heavy (non-hydrogen) atoms. The molecule has 2 unspecified atom stereocenters. The van der Waals surface area contributed by atoms with E-state index >= 15 is 0 Å². The maximum Gasteiger partial charge on any atom is 0.410 e. The molecular weight excluding hydrogens is 226 g/mol. The fourth-order valence-corrected chi connectivity index (χ4v) is 3.33. The number of nitrogens with zero attached hydrogens (tertiary/aromatic N) is 1. The van der Waals surface area contributed by atoms with Crippen LogP contribution in [0.3, 0.4) is 0 Å². The monoisotopic (exact) mass is 249 g/mol. The summed E-state index contributed by atoms with van der Waals surface area (Å²) in [6.07, 6.45) is 10.1. The molecule has 0 aromatic heterocycles. The second kappa shape index (κ2) is 5.65. The average molecular weight is 249 g/mol. The molecule has 2 aliphatic rings. The van der Waals surface area contributed by atoms with Gasteiger partial charge >= 0.3 is 6.09 Å². The lowest BCUT2D eigenvalue weighted by molar-refractivity contribution is 0.0513. The number of ether oxygens (including phenoxy) is 1. The van der Waals surface area contributed by atoms with Crippen LogP contribution in [0, 0.1) is 24.2 Å². The summed E-state index contributed by atoms with van der Waals surface area (Å²) in [5, 5.41) is 0. The molecule has 0 aromatic carbocycles.